The molecule has 1 fully saturated rings. The van der Waals surface area contributed by atoms with Crippen molar-refractivity contribution in [1.29, 1.82) is 0 Å². The van der Waals surface area contributed by atoms with Crippen molar-refractivity contribution in [2.75, 3.05) is 17.7 Å². The molecule has 1 amide bonds. The minimum absolute atomic E-state index is 0.0136. The van der Waals surface area contributed by atoms with Crippen LogP contribution in [0.1, 0.15) is 48.0 Å². The van der Waals surface area contributed by atoms with E-state index in [2.05, 4.69) is 15.3 Å². The van der Waals surface area contributed by atoms with Crippen molar-refractivity contribution in [2.45, 2.75) is 44.7 Å². The summed E-state index contributed by atoms with van der Waals surface area (Å²) < 4.78 is 13.2. The molecule has 0 unspecified atom stereocenters. The van der Waals surface area contributed by atoms with Crippen LogP contribution in [-0.4, -0.2) is 29.0 Å². The monoisotopic (exact) mass is 391 g/mol. The highest BCUT2D eigenvalue weighted by atomic mass is 35.5. The minimum Gasteiger partial charge on any atom is -0.383 e. The molecule has 1 aliphatic rings. The minimum atomic E-state index is -0.498. The second kappa shape index (κ2) is 8.52. The van der Waals surface area contributed by atoms with Gasteiger partial charge in [-0.3, -0.25) is 4.79 Å². The van der Waals surface area contributed by atoms with Crippen LogP contribution in [0, 0.1) is 5.82 Å². The Bertz CT molecular complexity index is 826. The number of amides is 1. The maximum absolute atomic E-state index is 13.2. The second-order valence-electron chi connectivity index (χ2n) is 6.80. The fourth-order valence-corrected chi connectivity index (χ4v) is 3.49. The first-order chi connectivity index (χ1) is 13.0. The molecular formula is C19H23ClFN5O. The lowest BCUT2D eigenvalue weighted by Crippen LogP contribution is -2.35. The molecule has 1 saturated carbocycles. The summed E-state index contributed by atoms with van der Waals surface area (Å²) in [5.41, 5.74) is 6.89. The average molecular weight is 392 g/mol. The fourth-order valence-electron chi connectivity index (χ4n) is 3.29. The topological polar surface area (TPSA) is 84.1 Å². The lowest BCUT2D eigenvalue weighted by molar-refractivity contribution is 0.0951. The number of nitrogens with one attached hydrogen (secondary N) is 1. The number of benzene rings is 1. The Kier molecular flexibility index (Phi) is 6.11. The lowest BCUT2D eigenvalue weighted by Gasteiger charge is -2.31. The van der Waals surface area contributed by atoms with Crippen LogP contribution in [0.2, 0.25) is 5.02 Å². The summed E-state index contributed by atoms with van der Waals surface area (Å²) in [5.74, 6) is -0.222. The number of rotatable bonds is 5. The van der Waals surface area contributed by atoms with Gasteiger partial charge in [-0.15, -0.1) is 0 Å². The summed E-state index contributed by atoms with van der Waals surface area (Å²) >= 11 is 5.75. The first-order valence-corrected chi connectivity index (χ1v) is 9.41. The van der Waals surface area contributed by atoms with E-state index in [0.29, 0.717) is 17.6 Å². The molecule has 144 valence electrons. The van der Waals surface area contributed by atoms with Gasteiger partial charge in [-0.1, -0.05) is 36.9 Å². The number of carbonyl (C=O) groups excluding carboxylic acids is 1. The molecule has 1 aromatic heterocycles. The van der Waals surface area contributed by atoms with Crippen LogP contribution in [0.5, 0.6) is 0 Å². The Morgan fingerprint density at radius 2 is 2.11 bits per heavy atom. The van der Waals surface area contributed by atoms with Crippen molar-refractivity contribution in [3.63, 3.8) is 0 Å². The van der Waals surface area contributed by atoms with E-state index in [-0.39, 0.29) is 28.9 Å². The zero-order valence-corrected chi connectivity index (χ0v) is 16.0. The second-order valence-corrected chi connectivity index (χ2v) is 7.21. The van der Waals surface area contributed by atoms with Crippen LogP contribution < -0.4 is 16.0 Å². The molecule has 8 heteroatoms. The number of hydrogen-bond acceptors (Lipinski definition) is 5. The highest BCUT2D eigenvalue weighted by Gasteiger charge is 2.21. The molecule has 0 bridgehead atoms. The SMILES string of the molecule is CN(c1ncc(C(=O)NCc2ccc(F)c(Cl)c2)c(N)n1)C1CCCCC1. The normalized spacial score (nSPS) is 14.8. The third-order valence-electron chi connectivity index (χ3n) is 4.93. The zero-order chi connectivity index (χ0) is 19.4. The number of carbonyl (C=O) groups is 1. The molecule has 1 aliphatic carbocycles. The molecule has 0 aliphatic heterocycles. The zero-order valence-electron chi connectivity index (χ0n) is 15.2. The van der Waals surface area contributed by atoms with Gasteiger partial charge in [0.2, 0.25) is 5.95 Å². The summed E-state index contributed by atoms with van der Waals surface area (Å²) in [5, 5.41) is 2.73. The van der Waals surface area contributed by atoms with Crippen molar-refractivity contribution in [3.05, 3.63) is 46.4 Å². The summed E-state index contributed by atoms with van der Waals surface area (Å²) in [6, 6.07) is 4.70. The van der Waals surface area contributed by atoms with Crippen molar-refractivity contribution in [2.24, 2.45) is 0 Å². The van der Waals surface area contributed by atoms with E-state index in [1.807, 2.05) is 11.9 Å². The number of nitrogen functional groups attached to an aromatic ring is 1. The number of nitrogens with zero attached hydrogens (tertiary/aromatic N) is 3. The molecule has 3 rings (SSSR count). The molecule has 3 N–H and O–H groups in total. The van der Waals surface area contributed by atoms with Crippen LogP contribution in [0.4, 0.5) is 16.2 Å². The van der Waals surface area contributed by atoms with E-state index in [0.717, 1.165) is 12.8 Å². The summed E-state index contributed by atoms with van der Waals surface area (Å²) in [7, 11) is 1.96. The van der Waals surface area contributed by atoms with Gasteiger partial charge in [0.1, 0.15) is 11.6 Å². The van der Waals surface area contributed by atoms with E-state index < -0.39 is 5.82 Å². The standard InChI is InChI=1S/C19H23ClFN5O/c1-26(13-5-3-2-4-6-13)19-24-11-14(17(22)25-19)18(27)23-10-12-7-8-16(21)15(20)9-12/h7-9,11,13H,2-6,10H2,1H3,(H,23,27)(H2,22,24,25). The van der Waals surface area contributed by atoms with Crippen molar-refractivity contribution >= 4 is 29.3 Å². The molecule has 0 spiro atoms. The Morgan fingerprint density at radius 3 is 2.78 bits per heavy atom. The Hall–Kier alpha value is -2.41. The lowest BCUT2D eigenvalue weighted by atomic mass is 9.95. The van der Waals surface area contributed by atoms with E-state index in [9.17, 15) is 9.18 Å². The van der Waals surface area contributed by atoms with Gasteiger partial charge in [0, 0.05) is 25.8 Å². The Labute approximate surface area is 162 Å². The van der Waals surface area contributed by atoms with Crippen molar-refractivity contribution in [1.82, 2.24) is 15.3 Å². The van der Waals surface area contributed by atoms with Crippen LogP contribution >= 0.6 is 11.6 Å². The number of aromatic nitrogens is 2. The van der Waals surface area contributed by atoms with Crippen LogP contribution in [0.3, 0.4) is 0 Å². The van der Waals surface area contributed by atoms with Crippen LogP contribution in [-0.2, 0) is 6.54 Å². The molecule has 1 heterocycles. The molecule has 1 aromatic carbocycles. The first-order valence-electron chi connectivity index (χ1n) is 9.03. The highest BCUT2D eigenvalue weighted by Crippen LogP contribution is 2.25. The molecule has 0 radical (unpaired) electrons. The molecule has 6 nitrogen and oxygen atoms in total. The predicted octanol–water partition coefficient (Wildman–Crippen LogP) is 3.55. The molecule has 0 atom stereocenters. The average Bonchev–Trinajstić information content (AvgIpc) is 2.68. The van der Waals surface area contributed by atoms with Gasteiger partial charge >= 0.3 is 0 Å². The quantitative estimate of drug-likeness (QED) is 0.814. The summed E-state index contributed by atoms with van der Waals surface area (Å²) in [6.45, 7) is 0.196. The summed E-state index contributed by atoms with van der Waals surface area (Å²) in [6.07, 6.45) is 7.36. The number of nitrogens with two attached hydrogens (primary N) is 1. The maximum atomic E-state index is 13.2. The largest absolute Gasteiger partial charge is 0.383 e. The fraction of sp³-hybridized carbons (Fsp3) is 0.421. The van der Waals surface area contributed by atoms with Crippen molar-refractivity contribution < 1.29 is 9.18 Å². The molecule has 0 saturated heterocycles. The molecular weight excluding hydrogens is 369 g/mol. The van der Waals surface area contributed by atoms with Gasteiger partial charge < -0.3 is 16.0 Å². The van der Waals surface area contributed by atoms with Gasteiger partial charge in [0.15, 0.2) is 0 Å². The predicted molar refractivity (Wildman–Crippen MR) is 104 cm³/mol. The van der Waals surface area contributed by atoms with E-state index in [1.165, 1.54) is 37.6 Å². The number of halogens is 2. The van der Waals surface area contributed by atoms with E-state index in [4.69, 9.17) is 17.3 Å². The third kappa shape index (κ3) is 4.66. The van der Waals surface area contributed by atoms with Gasteiger partial charge in [-0.2, -0.15) is 4.98 Å². The number of anilines is 2. The van der Waals surface area contributed by atoms with E-state index in [1.54, 1.807) is 6.07 Å². The maximum Gasteiger partial charge on any atom is 0.256 e. The smallest absolute Gasteiger partial charge is 0.256 e. The molecule has 2 aromatic rings. The van der Waals surface area contributed by atoms with Gasteiger partial charge in [-0.25, -0.2) is 9.37 Å². The van der Waals surface area contributed by atoms with Crippen LogP contribution in [0.25, 0.3) is 0 Å². The Morgan fingerprint density at radius 1 is 1.37 bits per heavy atom. The van der Waals surface area contributed by atoms with Gasteiger partial charge in [0.05, 0.1) is 10.6 Å². The van der Waals surface area contributed by atoms with Gasteiger partial charge in [0.25, 0.3) is 5.91 Å². The summed E-state index contributed by atoms with van der Waals surface area (Å²) in [4.78, 5) is 23.1. The van der Waals surface area contributed by atoms with Crippen molar-refractivity contribution in [3.8, 4) is 0 Å². The molecule has 27 heavy (non-hydrogen) atoms. The van der Waals surface area contributed by atoms with Crippen LogP contribution in [0.15, 0.2) is 24.4 Å². The third-order valence-corrected chi connectivity index (χ3v) is 5.21. The van der Waals surface area contributed by atoms with Gasteiger partial charge in [-0.05, 0) is 30.5 Å². The highest BCUT2D eigenvalue weighted by molar-refractivity contribution is 6.30. The number of hydrogen-bond donors (Lipinski definition) is 2. The van der Waals surface area contributed by atoms with E-state index >= 15 is 0 Å². The first kappa shape index (κ1) is 19.4. The Balaban J connectivity index is 1.65.